The van der Waals surface area contributed by atoms with Crippen LogP contribution in [-0.2, 0) is 14.3 Å². The van der Waals surface area contributed by atoms with Crippen LogP contribution in [0.3, 0.4) is 0 Å². The Morgan fingerprint density at radius 2 is 1.58 bits per heavy atom. The lowest BCUT2D eigenvalue weighted by Crippen LogP contribution is -2.28. The second-order valence-electron chi connectivity index (χ2n) is 7.83. The highest BCUT2D eigenvalue weighted by Crippen LogP contribution is 2.29. The first-order valence-corrected chi connectivity index (χ1v) is 11.2. The summed E-state index contributed by atoms with van der Waals surface area (Å²) in [5.74, 6) is -0.418. The van der Waals surface area contributed by atoms with Gasteiger partial charge in [0.1, 0.15) is 0 Å². The minimum atomic E-state index is -0.525. The van der Waals surface area contributed by atoms with Crippen molar-refractivity contribution in [2.24, 2.45) is 0 Å². The summed E-state index contributed by atoms with van der Waals surface area (Å²) in [4.78, 5) is 25.7. The van der Waals surface area contributed by atoms with Crippen molar-refractivity contribution in [2.45, 2.75) is 32.5 Å². The molecular formula is C28H31NO4. The monoisotopic (exact) mass is 445 g/mol. The van der Waals surface area contributed by atoms with Crippen LogP contribution in [0, 0.1) is 0 Å². The Labute approximate surface area is 195 Å². The molecule has 0 unspecified atom stereocenters. The molecule has 0 atom stereocenters. The van der Waals surface area contributed by atoms with Crippen molar-refractivity contribution in [1.29, 1.82) is 0 Å². The van der Waals surface area contributed by atoms with Crippen molar-refractivity contribution >= 4 is 28.0 Å². The summed E-state index contributed by atoms with van der Waals surface area (Å²) in [6.07, 6.45) is 3.94. The predicted octanol–water partition coefficient (Wildman–Crippen LogP) is 5.70. The lowest BCUT2D eigenvalue weighted by Gasteiger charge is -2.17. The van der Waals surface area contributed by atoms with Gasteiger partial charge in [-0.3, -0.25) is 9.59 Å². The van der Waals surface area contributed by atoms with E-state index in [4.69, 9.17) is 9.47 Å². The molecule has 0 aliphatic rings. The SMILES string of the molecule is CCCC/C(=C\C(=O)NCC(=O)c1ccc(C(OC)OC)c2ccccc12)c1ccccc1. The molecule has 0 radical (unpaired) electrons. The summed E-state index contributed by atoms with van der Waals surface area (Å²) in [6.45, 7) is 2.05. The van der Waals surface area contributed by atoms with E-state index in [9.17, 15) is 9.59 Å². The van der Waals surface area contributed by atoms with Gasteiger partial charge in [0.15, 0.2) is 12.1 Å². The van der Waals surface area contributed by atoms with Crippen LogP contribution in [0.1, 0.15) is 54.0 Å². The zero-order chi connectivity index (χ0) is 23.6. The van der Waals surface area contributed by atoms with E-state index < -0.39 is 6.29 Å². The van der Waals surface area contributed by atoms with Gasteiger partial charge in [0, 0.05) is 31.4 Å². The number of carbonyl (C=O) groups is 2. The molecule has 1 amide bonds. The third-order valence-electron chi connectivity index (χ3n) is 5.61. The molecule has 0 bridgehead atoms. The number of amides is 1. The normalized spacial score (nSPS) is 11.7. The van der Waals surface area contributed by atoms with Crippen LogP contribution < -0.4 is 5.32 Å². The standard InChI is InChI=1S/C28H31NO4/c1-4-5-11-21(20-12-7-6-8-13-20)18-27(31)29-19-26(30)24-16-17-25(28(32-2)33-3)23-15-10-9-14-22(23)24/h6-10,12-18,28H,4-5,11,19H2,1-3H3,(H,29,31)/b21-18+. The van der Waals surface area contributed by atoms with Crippen molar-refractivity contribution in [3.05, 3.63) is 89.5 Å². The average Bonchev–Trinajstić information content (AvgIpc) is 2.86. The number of rotatable bonds is 11. The first-order chi connectivity index (χ1) is 16.1. The number of hydrogen-bond acceptors (Lipinski definition) is 4. The van der Waals surface area contributed by atoms with Crippen LogP contribution in [0.25, 0.3) is 16.3 Å². The second-order valence-corrected chi connectivity index (χ2v) is 7.83. The van der Waals surface area contributed by atoms with Gasteiger partial charge in [-0.05, 0) is 34.8 Å². The van der Waals surface area contributed by atoms with Gasteiger partial charge < -0.3 is 14.8 Å². The number of Topliss-reactive ketones (excluding diaryl/α,β-unsaturated/α-hetero) is 1. The highest BCUT2D eigenvalue weighted by molar-refractivity contribution is 6.11. The molecule has 5 nitrogen and oxygen atoms in total. The van der Waals surface area contributed by atoms with Crippen molar-refractivity contribution in [1.82, 2.24) is 5.32 Å². The largest absolute Gasteiger partial charge is 0.352 e. The third kappa shape index (κ3) is 6.15. The molecule has 0 aliphatic carbocycles. The van der Waals surface area contributed by atoms with Gasteiger partial charge in [-0.25, -0.2) is 0 Å². The van der Waals surface area contributed by atoms with Crippen molar-refractivity contribution in [2.75, 3.05) is 20.8 Å². The van der Waals surface area contributed by atoms with E-state index in [0.717, 1.165) is 46.7 Å². The summed E-state index contributed by atoms with van der Waals surface area (Å²) in [5, 5.41) is 4.45. The van der Waals surface area contributed by atoms with E-state index in [1.54, 1.807) is 26.4 Å². The average molecular weight is 446 g/mol. The number of benzene rings is 3. The maximum atomic E-state index is 13.0. The smallest absolute Gasteiger partial charge is 0.244 e. The molecule has 0 aromatic heterocycles. The molecule has 3 aromatic rings. The van der Waals surface area contributed by atoms with Gasteiger partial charge in [0.25, 0.3) is 0 Å². The van der Waals surface area contributed by atoms with Gasteiger partial charge in [-0.2, -0.15) is 0 Å². The number of nitrogens with one attached hydrogen (secondary N) is 1. The minimum absolute atomic E-state index is 0.0769. The second kappa shape index (κ2) is 12.1. The topological polar surface area (TPSA) is 64.6 Å². The number of unbranched alkanes of at least 4 members (excludes halogenated alkanes) is 1. The first-order valence-electron chi connectivity index (χ1n) is 11.2. The zero-order valence-corrected chi connectivity index (χ0v) is 19.5. The van der Waals surface area contributed by atoms with E-state index in [0.29, 0.717) is 5.56 Å². The van der Waals surface area contributed by atoms with Crippen LogP contribution in [-0.4, -0.2) is 32.5 Å². The van der Waals surface area contributed by atoms with E-state index in [-0.39, 0.29) is 18.2 Å². The quantitative estimate of drug-likeness (QED) is 0.233. The Bertz CT molecular complexity index is 1120. The highest BCUT2D eigenvalue weighted by Gasteiger charge is 2.17. The highest BCUT2D eigenvalue weighted by atomic mass is 16.7. The fourth-order valence-electron chi connectivity index (χ4n) is 3.91. The van der Waals surface area contributed by atoms with Gasteiger partial charge in [-0.15, -0.1) is 0 Å². The zero-order valence-electron chi connectivity index (χ0n) is 19.5. The number of allylic oxidation sites excluding steroid dienone is 1. The van der Waals surface area contributed by atoms with Gasteiger partial charge in [0.05, 0.1) is 6.54 Å². The summed E-state index contributed by atoms with van der Waals surface area (Å²) >= 11 is 0. The minimum Gasteiger partial charge on any atom is -0.352 e. The molecule has 1 N–H and O–H groups in total. The molecule has 172 valence electrons. The molecule has 3 rings (SSSR count). The van der Waals surface area contributed by atoms with Crippen LogP contribution in [0.5, 0.6) is 0 Å². The summed E-state index contributed by atoms with van der Waals surface area (Å²) in [7, 11) is 3.16. The molecule has 0 heterocycles. The van der Waals surface area contributed by atoms with Crippen LogP contribution >= 0.6 is 0 Å². The molecule has 0 saturated carbocycles. The van der Waals surface area contributed by atoms with E-state index in [1.807, 2.05) is 60.7 Å². The number of ketones is 1. The number of ether oxygens (including phenoxy) is 2. The van der Waals surface area contributed by atoms with Crippen molar-refractivity contribution in [3.63, 3.8) is 0 Å². The molecule has 0 spiro atoms. The number of carbonyl (C=O) groups excluding carboxylic acids is 2. The Balaban J connectivity index is 1.78. The van der Waals surface area contributed by atoms with Gasteiger partial charge in [0.2, 0.25) is 5.91 Å². The van der Waals surface area contributed by atoms with Crippen LogP contribution in [0.15, 0.2) is 72.8 Å². The molecule has 0 fully saturated rings. The first kappa shape index (κ1) is 24.4. The Hall–Kier alpha value is -3.28. The summed E-state index contributed by atoms with van der Waals surface area (Å²) < 4.78 is 10.8. The van der Waals surface area contributed by atoms with E-state index in [2.05, 4.69) is 12.2 Å². The number of methoxy groups -OCH3 is 2. The maximum absolute atomic E-state index is 13.0. The molecule has 3 aromatic carbocycles. The Morgan fingerprint density at radius 3 is 2.24 bits per heavy atom. The van der Waals surface area contributed by atoms with Crippen LogP contribution in [0.4, 0.5) is 0 Å². The molecule has 0 saturated heterocycles. The number of hydrogen-bond donors (Lipinski definition) is 1. The predicted molar refractivity (Wildman–Crippen MR) is 132 cm³/mol. The fourth-order valence-corrected chi connectivity index (χ4v) is 3.91. The number of fused-ring (bicyclic) bond motifs is 1. The van der Waals surface area contributed by atoms with Gasteiger partial charge in [-0.1, -0.05) is 80.1 Å². The molecule has 33 heavy (non-hydrogen) atoms. The van der Waals surface area contributed by atoms with E-state index >= 15 is 0 Å². The summed E-state index contributed by atoms with van der Waals surface area (Å²) in [5.41, 5.74) is 3.41. The van der Waals surface area contributed by atoms with E-state index in [1.165, 1.54) is 0 Å². The molecular weight excluding hydrogens is 414 g/mol. The van der Waals surface area contributed by atoms with Crippen LogP contribution in [0.2, 0.25) is 0 Å². The summed E-state index contributed by atoms with van der Waals surface area (Å²) in [6, 6.07) is 21.1. The Kier molecular flexibility index (Phi) is 8.93. The van der Waals surface area contributed by atoms with Crippen molar-refractivity contribution < 1.29 is 19.1 Å². The fraction of sp³-hybridized carbons (Fsp3) is 0.286. The molecule has 0 aliphatic heterocycles. The lowest BCUT2D eigenvalue weighted by atomic mass is 9.96. The van der Waals surface area contributed by atoms with Crippen molar-refractivity contribution in [3.8, 4) is 0 Å². The lowest BCUT2D eigenvalue weighted by molar-refractivity contribution is -0.116. The molecule has 5 heteroatoms. The third-order valence-corrected chi connectivity index (χ3v) is 5.61. The Morgan fingerprint density at radius 1 is 0.909 bits per heavy atom. The maximum Gasteiger partial charge on any atom is 0.244 e. The van der Waals surface area contributed by atoms with Gasteiger partial charge >= 0.3 is 0 Å².